The zero-order chi connectivity index (χ0) is 41.1. The van der Waals surface area contributed by atoms with Crippen LogP contribution in [0.3, 0.4) is 0 Å². The van der Waals surface area contributed by atoms with Gasteiger partial charge in [-0.3, -0.25) is 9.69 Å². The molecule has 7 rings (SSSR count). The highest BCUT2D eigenvalue weighted by molar-refractivity contribution is 6.36. The van der Waals surface area contributed by atoms with Gasteiger partial charge in [-0.25, -0.2) is 18.6 Å². The predicted molar refractivity (Wildman–Crippen MR) is 199 cm³/mol. The Labute approximate surface area is 330 Å². The molecule has 0 spiro atoms. The van der Waals surface area contributed by atoms with E-state index in [-0.39, 0.29) is 66.4 Å². The van der Waals surface area contributed by atoms with Gasteiger partial charge in [-0.15, -0.1) is 0 Å². The number of fused-ring (bicyclic) bond motifs is 4. The molecular weight excluding hydrogens is 781 g/mol. The van der Waals surface area contributed by atoms with E-state index in [1.165, 1.54) is 21.0 Å². The summed E-state index contributed by atoms with van der Waals surface area (Å²) in [5.41, 5.74) is 1.70. The molecule has 4 saturated heterocycles. The highest BCUT2D eigenvalue weighted by Crippen LogP contribution is 2.50. The molecule has 6 heterocycles. The number of benzene rings is 1. The molecule has 1 aromatic carbocycles. The lowest BCUT2D eigenvalue weighted by Crippen LogP contribution is -2.46. The van der Waals surface area contributed by atoms with Crippen LogP contribution in [0, 0.1) is 24.6 Å². The zero-order valence-electron chi connectivity index (χ0n) is 32.2. The zero-order valence-corrected chi connectivity index (χ0v) is 33.0. The Kier molecular flexibility index (Phi) is 11.0. The second-order valence-corrected chi connectivity index (χ2v) is 16.1. The van der Waals surface area contributed by atoms with Crippen LogP contribution in [0.15, 0.2) is 6.07 Å². The summed E-state index contributed by atoms with van der Waals surface area (Å²) in [6, 6.07) is 0.303. The molecule has 2 aromatic heterocycles. The molecule has 310 valence electrons. The van der Waals surface area contributed by atoms with Gasteiger partial charge >= 0.3 is 24.2 Å². The minimum atomic E-state index is -4.97. The Morgan fingerprint density at radius 3 is 2.56 bits per heavy atom. The number of aromatic nitrogens is 3. The molecule has 0 radical (unpaired) electrons. The molecule has 3 aromatic rings. The van der Waals surface area contributed by atoms with Gasteiger partial charge in [-0.05, 0) is 56.7 Å². The number of anilines is 2. The highest BCUT2D eigenvalue weighted by atomic mass is 35.5. The van der Waals surface area contributed by atoms with E-state index in [0.29, 0.717) is 38.9 Å². The van der Waals surface area contributed by atoms with Crippen LogP contribution in [0.1, 0.15) is 64.0 Å². The van der Waals surface area contributed by atoms with Crippen molar-refractivity contribution in [1.29, 1.82) is 0 Å². The quantitative estimate of drug-likeness (QED) is 0.136. The maximum atomic E-state index is 17.2. The van der Waals surface area contributed by atoms with Crippen LogP contribution in [0.2, 0.25) is 5.02 Å². The number of likely N-dealkylation sites (tertiary alicyclic amines) is 1. The smallest absolute Gasteiger partial charge is 0.418 e. The van der Waals surface area contributed by atoms with Crippen molar-refractivity contribution in [3.8, 4) is 23.0 Å². The lowest BCUT2D eigenvalue weighted by molar-refractivity contribution is -0.170. The lowest BCUT2D eigenvalue weighted by Gasteiger charge is -2.33. The summed E-state index contributed by atoms with van der Waals surface area (Å²) in [7, 11) is 1.23. The fourth-order valence-electron chi connectivity index (χ4n) is 8.84. The normalized spacial score (nSPS) is 24.2. The molecule has 57 heavy (non-hydrogen) atoms. The van der Waals surface area contributed by atoms with Gasteiger partial charge in [0.2, 0.25) is 6.29 Å². The number of pyridine rings is 1. The van der Waals surface area contributed by atoms with Gasteiger partial charge < -0.3 is 34.5 Å². The van der Waals surface area contributed by atoms with Gasteiger partial charge in [0.15, 0.2) is 11.6 Å². The summed E-state index contributed by atoms with van der Waals surface area (Å²) in [5.74, 6) is -2.57. The van der Waals surface area contributed by atoms with Gasteiger partial charge in [0.05, 0.1) is 51.8 Å². The maximum Gasteiger partial charge on any atom is 0.418 e. The van der Waals surface area contributed by atoms with Crippen LogP contribution in [-0.2, 0) is 20.4 Å². The molecule has 5 atom stereocenters. The molecule has 1 amide bonds. The third-order valence-corrected chi connectivity index (χ3v) is 11.8. The van der Waals surface area contributed by atoms with Gasteiger partial charge in [0.25, 0.3) is 0 Å². The highest BCUT2D eigenvalue weighted by Gasteiger charge is 2.50. The number of esters is 1. The van der Waals surface area contributed by atoms with Crippen molar-refractivity contribution < 1.29 is 50.5 Å². The molecule has 0 aliphatic carbocycles. The topological polar surface area (TPSA) is 145 Å². The summed E-state index contributed by atoms with van der Waals surface area (Å²) in [4.78, 5) is 44.0. The average Bonchev–Trinajstić information content (AvgIpc) is 3.74. The third kappa shape index (κ3) is 7.66. The van der Waals surface area contributed by atoms with E-state index in [2.05, 4.69) is 9.97 Å². The molecule has 0 saturated carbocycles. The summed E-state index contributed by atoms with van der Waals surface area (Å²) < 4.78 is 98.3. The number of hydrogen-bond donors (Lipinski definition) is 1. The van der Waals surface area contributed by atoms with Crippen LogP contribution in [-0.4, -0.2) is 107 Å². The van der Waals surface area contributed by atoms with E-state index in [0.717, 1.165) is 12.5 Å². The molecule has 13 nitrogen and oxygen atoms in total. The third-order valence-electron chi connectivity index (χ3n) is 11.4. The van der Waals surface area contributed by atoms with Crippen molar-refractivity contribution in [3.63, 3.8) is 0 Å². The van der Waals surface area contributed by atoms with Crippen molar-refractivity contribution >= 4 is 46.2 Å². The Balaban J connectivity index is 1.33. The number of nitrogens with two attached hydrogens (primary N) is 1. The maximum absolute atomic E-state index is 17.2. The number of carbonyl (C=O) groups excluding carboxylic acids is 2. The van der Waals surface area contributed by atoms with E-state index in [1.54, 1.807) is 23.6 Å². The van der Waals surface area contributed by atoms with Gasteiger partial charge in [-0.1, -0.05) is 25.4 Å². The summed E-state index contributed by atoms with van der Waals surface area (Å²) in [6.07, 6.45) is -4.98. The molecule has 4 fully saturated rings. The molecule has 4 aliphatic rings. The van der Waals surface area contributed by atoms with E-state index in [4.69, 9.17) is 41.3 Å². The standard InChI is InChI=1S/C38H45ClF5N7O6/c1-18(2)34(52)56-20(4)57-36(53)51-14-21-7-10-49(16-23(51)12-21)33-26-31(47-35(48-33)55-17-37-8-6-9-50(37)15-22(40)13-37)29(41)25(28(39)32(26)54-5)30-27(38(42,43)44)19(3)11-24(45)46-30/h11,18,20-23H,6-10,12-17H2,1-5H3,(H2,45,46)/t20?,21?,22-,23?,37+/m1/s1. The minimum Gasteiger partial charge on any atom is -0.494 e. The Morgan fingerprint density at radius 1 is 1.11 bits per heavy atom. The first-order valence-electron chi connectivity index (χ1n) is 19.0. The number of amides is 1. The van der Waals surface area contributed by atoms with Gasteiger partial charge in [0, 0.05) is 39.5 Å². The molecule has 2 N–H and O–H groups in total. The number of ether oxygens (including phenoxy) is 4. The molecule has 19 heteroatoms. The van der Waals surface area contributed by atoms with E-state index >= 15 is 4.39 Å². The lowest BCUT2D eigenvalue weighted by atomic mass is 9.95. The first-order chi connectivity index (χ1) is 26.9. The van der Waals surface area contributed by atoms with Crippen molar-refractivity contribution in [3.05, 3.63) is 28.0 Å². The number of nitrogens with zero attached hydrogens (tertiary/aromatic N) is 6. The van der Waals surface area contributed by atoms with E-state index in [1.807, 2.05) is 4.90 Å². The molecular formula is C38H45ClF5N7O6. The predicted octanol–water partition coefficient (Wildman–Crippen LogP) is 6.94. The first-order valence-corrected chi connectivity index (χ1v) is 19.3. The van der Waals surface area contributed by atoms with Crippen LogP contribution >= 0.6 is 11.6 Å². The van der Waals surface area contributed by atoms with Crippen LogP contribution < -0.4 is 20.1 Å². The van der Waals surface area contributed by atoms with Crippen LogP contribution in [0.4, 0.5) is 38.4 Å². The van der Waals surface area contributed by atoms with Crippen LogP contribution in [0.5, 0.6) is 11.8 Å². The van der Waals surface area contributed by atoms with Crippen LogP contribution in [0.25, 0.3) is 22.2 Å². The molecule has 2 bridgehead atoms. The number of aryl methyl sites for hydroxylation is 1. The summed E-state index contributed by atoms with van der Waals surface area (Å²) in [5, 5.41) is -0.562. The Morgan fingerprint density at radius 2 is 1.86 bits per heavy atom. The number of carbonyl (C=O) groups is 2. The average molecular weight is 826 g/mol. The SMILES string of the molecule is COc1c(Cl)c(-c2nc(N)cc(C)c2C(F)(F)F)c(F)c2nc(OC[C@@]34CCCN3C[C@H](F)C4)nc(N3CCC4CC(C3)N(C(=O)OC(C)OC(=O)C(C)C)C4)c12. The largest absolute Gasteiger partial charge is 0.494 e. The fraction of sp³-hybridized carbons (Fsp3) is 0.605. The van der Waals surface area contributed by atoms with Crippen molar-refractivity contribution in [2.24, 2.45) is 11.8 Å². The fourth-order valence-corrected chi connectivity index (χ4v) is 9.19. The number of halogens is 6. The number of hydrogen-bond acceptors (Lipinski definition) is 12. The number of methoxy groups -OCH3 is 1. The van der Waals surface area contributed by atoms with Crippen molar-refractivity contribution in [2.75, 3.05) is 57.1 Å². The summed E-state index contributed by atoms with van der Waals surface area (Å²) >= 11 is 6.83. The second-order valence-electron chi connectivity index (χ2n) is 15.7. The molecule has 4 aliphatic heterocycles. The van der Waals surface area contributed by atoms with Gasteiger partial charge in [-0.2, -0.15) is 23.1 Å². The Bertz CT molecular complexity index is 2080. The minimum absolute atomic E-state index is 0.0182. The Hall–Kier alpha value is -4.45. The monoisotopic (exact) mass is 825 g/mol. The number of alkyl halides is 4. The van der Waals surface area contributed by atoms with Crippen molar-refractivity contribution in [1.82, 2.24) is 24.8 Å². The number of rotatable bonds is 9. The summed E-state index contributed by atoms with van der Waals surface area (Å²) in [6.45, 7) is 7.80. The molecule has 3 unspecified atom stereocenters. The van der Waals surface area contributed by atoms with Crippen molar-refractivity contribution in [2.45, 2.75) is 90.0 Å². The number of nitrogen functional groups attached to an aromatic ring is 1. The van der Waals surface area contributed by atoms with E-state index < -0.39 is 81.4 Å². The van der Waals surface area contributed by atoms with E-state index in [9.17, 15) is 27.2 Å². The first kappa shape index (κ1) is 40.7. The second kappa shape index (κ2) is 15.4. The van der Waals surface area contributed by atoms with Gasteiger partial charge in [0.1, 0.15) is 29.9 Å².